The second-order valence-electron chi connectivity index (χ2n) is 8.14. The van der Waals surface area contributed by atoms with Crippen molar-refractivity contribution >= 4 is 29.1 Å². The fourth-order valence-corrected chi connectivity index (χ4v) is 3.42. The number of Topliss-reactive ketones (excluding diaryl/α,β-unsaturated/α-hetero) is 1. The van der Waals surface area contributed by atoms with Gasteiger partial charge in [-0.15, -0.1) is 0 Å². The van der Waals surface area contributed by atoms with Gasteiger partial charge in [-0.3, -0.25) is 9.59 Å². The summed E-state index contributed by atoms with van der Waals surface area (Å²) < 4.78 is 0. The van der Waals surface area contributed by atoms with Crippen LogP contribution in [0.2, 0.25) is 0 Å². The Morgan fingerprint density at radius 2 is 1.83 bits per heavy atom. The zero-order chi connectivity index (χ0) is 20.6. The molecule has 4 rings (SSSR count). The lowest BCUT2D eigenvalue weighted by molar-refractivity contribution is -0.125. The van der Waals surface area contributed by atoms with Gasteiger partial charge in [-0.25, -0.2) is 4.98 Å². The smallest absolute Gasteiger partial charge is 0.254 e. The topological polar surface area (TPSA) is 136 Å². The molecule has 1 aromatic carbocycles. The van der Waals surface area contributed by atoms with Crippen LogP contribution in [0, 0.1) is 5.92 Å². The van der Waals surface area contributed by atoms with E-state index < -0.39 is 11.4 Å². The molecule has 6 N–H and O–H groups in total. The van der Waals surface area contributed by atoms with E-state index in [9.17, 15) is 9.59 Å². The molecule has 2 aliphatic rings. The van der Waals surface area contributed by atoms with Crippen molar-refractivity contribution in [1.29, 1.82) is 0 Å². The fraction of sp³-hybridized carbons (Fsp3) is 0.429. The van der Waals surface area contributed by atoms with Crippen LogP contribution in [0.3, 0.4) is 0 Å². The van der Waals surface area contributed by atoms with Crippen LogP contribution < -0.4 is 22.1 Å². The minimum atomic E-state index is -0.987. The number of hydrogen-bond acceptors (Lipinski definition) is 7. The van der Waals surface area contributed by atoms with Gasteiger partial charge in [-0.1, -0.05) is 12.1 Å². The number of hydrogen-bond donors (Lipinski definition) is 4. The normalized spacial score (nSPS) is 18.4. The van der Waals surface area contributed by atoms with Gasteiger partial charge in [-0.05, 0) is 56.7 Å². The van der Waals surface area contributed by atoms with Gasteiger partial charge in [0.15, 0.2) is 5.78 Å². The molecule has 2 saturated carbocycles. The number of anilines is 3. The van der Waals surface area contributed by atoms with E-state index in [2.05, 4.69) is 20.6 Å². The number of rotatable bonds is 8. The quantitative estimate of drug-likeness (QED) is 0.540. The van der Waals surface area contributed by atoms with Crippen LogP contribution in [-0.4, -0.2) is 27.7 Å². The van der Waals surface area contributed by atoms with Crippen molar-refractivity contribution in [2.45, 2.75) is 50.6 Å². The molecule has 0 radical (unpaired) electrons. The number of carbonyl (C=O) groups excluding carboxylic acids is 2. The molecule has 2 fully saturated rings. The number of nitrogens with zero attached hydrogens (tertiary/aromatic N) is 2. The third-order valence-electron chi connectivity index (χ3n) is 5.70. The first-order chi connectivity index (χ1) is 13.8. The van der Waals surface area contributed by atoms with E-state index in [-0.39, 0.29) is 17.3 Å². The van der Waals surface area contributed by atoms with Crippen molar-refractivity contribution in [3.8, 4) is 0 Å². The SMILES string of the molecule is CC(N)(C(=O)C1CC1)c1ccc(Nc2ncc(C(N)=O)c(NC3CCC3)n2)cc1. The van der Waals surface area contributed by atoms with E-state index in [0.29, 0.717) is 17.8 Å². The van der Waals surface area contributed by atoms with Gasteiger partial charge in [0.2, 0.25) is 5.95 Å². The first kappa shape index (κ1) is 19.3. The standard InChI is InChI=1S/C21H26N6O2/c1-21(23,17(28)12-5-6-12)13-7-9-15(10-8-13)26-20-24-11-16(18(22)29)19(27-20)25-14-3-2-4-14/h7-12,14H,2-6,23H2,1H3,(H2,22,29)(H2,24,25,26,27). The number of amides is 1. The molecule has 8 heteroatoms. The summed E-state index contributed by atoms with van der Waals surface area (Å²) in [6, 6.07) is 7.67. The Labute approximate surface area is 169 Å². The monoisotopic (exact) mass is 394 g/mol. The predicted molar refractivity (Wildman–Crippen MR) is 111 cm³/mol. The summed E-state index contributed by atoms with van der Waals surface area (Å²) in [7, 11) is 0. The molecule has 2 aromatic rings. The second-order valence-corrected chi connectivity index (χ2v) is 8.14. The van der Waals surface area contributed by atoms with Crippen LogP contribution in [0.25, 0.3) is 0 Å². The van der Waals surface area contributed by atoms with Crippen LogP contribution in [0.1, 0.15) is 54.9 Å². The van der Waals surface area contributed by atoms with Crippen LogP contribution in [0.15, 0.2) is 30.5 Å². The lowest BCUT2D eigenvalue weighted by Gasteiger charge is -2.27. The Balaban J connectivity index is 1.50. The van der Waals surface area contributed by atoms with Crippen molar-refractivity contribution < 1.29 is 9.59 Å². The van der Waals surface area contributed by atoms with Crippen molar-refractivity contribution in [2.24, 2.45) is 17.4 Å². The Bertz CT molecular complexity index is 933. The molecule has 2 aliphatic carbocycles. The third-order valence-corrected chi connectivity index (χ3v) is 5.70. The molecule has 0 saturated heterocycles. The lowest BCUT2D eigenvalue weighted by atomic mass is 9.86. The highest BCUT2D eigenvalue weighted by Crippen LogP contribution is 2.36. The average Bonchev–Trinajstić information content (AvgIpc) is 3.49. The molecule has 29 heavy (non-hydrogen) atoms. The Morgan fingerprint density at radius 1 is 1.14 bits per heavy atom. The molecule has 1 unspecified atom stereocenters. The molecule has 1 atom stereocenters. The van der Waals surface area contributed by atoms with E-state index in [1.54, 1.807) is 6.92 Å². The fourth-order valence-electron chi connectivity index (χ4n) is 3.42. The summed E-state index contributed by atoms with van der Waals surface area (Å²) in [5.74, 6) is 0.428. The zero-order valence-corrected chi connectivity index (χ0v) is 16.4. The van der Waals surface area contributed by atoms with Crippen LogP contribution >= 0.6 is 0 Å². The molecule has 1 aromatic heterocycles. The molecular weight excluding hydrogens is 368 g/mol. The summed E-state index contributed by atoms with van der Waals surface area (Å²) in [5, 5.41) is 6.39. The number of benzene rings is 1. The highest BCUT2D eigenvalue weighted by atomic mass is 16.1. The van der Waals surface area contributed by atoms with E-state index >= 15 is 0 Å². The number of ketones is 1. The molecule has 8 nitrogen and oxygen atoms in total. The van der Waals surface area contributed by atoms with Gasteiger partial charge >= 0.3 is 0 Å². The number of carbonyl (C=O) groups is 2. The zero-order valence-electron chi connectivity index (χ0n) is 16.4. The molecule has 1 amide bonds. The molecule has 1 heterocycles. The molecule has 0 spiro atoms. The molecule has 0 bridgehead atoms. The summed E-state index contributed by atoms with van der Waals surface area (Å²) in [6.07, 6.45) is 6.55. The minimum Gasteiger partial charge on any atom is -0.367 e. The summed E-state index contributed by atoms with van der Waals surface area (Å²) in [6.45, 7) is 1.76. The highest BCUT2D eigenvalue weighted by molar-refractivity contribution is 5.97. The van der Waals surface area contributed by atoms with Gasteiger partial charge in [0.25, 0.3) is 5.91 Å². The highest BCUT2D eigenvalue weighted by Gasteiger charge is 2.41. The largest absolute Gasteiger partial charge is 0.367 e. The number of nitrogens with one attached hydrogen (secondary N) is 2. The van der Waals surface area contributed by atoms with Crippen molar-refractivity contribution in [3.63, 3.8) is 0 Å². The first-order valence-electron chi connectivity index (χ1n) is 9.99. The van der Waals surface area contributed by atoms with Gasteiger partial charge in [-0.2, -0.15) is 4.98 Å². The van der Waals surface area contributed by atoms with Crippen molar-refractivity contribution in [3.05, 3.63) is 41.6 Å². The van der Waals surface area contributed by atoms with E-state index in [4.69, 9.17) is 11.5 Å². The van der Waals surface area contributed by atoms with Crippen molar-refractivity contribution in [1.82, 2.24) is 9.97 Å². The number of nitrogens with two attached hydrogens (primary N) is 2. The van der Waals surface area contributed by atoms with Crippen molar-refractivity contribution in [2.75, 3.05) is 10.6 Å². The molecule has 0 aliphatic heterocycles. The van der Waals surface area contributed by atoms with E-state index in [0.717, 1.165) is 43.4 Å². The summed E-state index contributed by atoms with van der Waals surface area (Å²) in [5.41, 5.74) is 12.6. The van der Waals surface area contributed by atoms with Crippen LogP contribution in [-0.2, 0) is 10.3 Å². The summed E-state index contributed by atoms with van der Waals surface area (Å²) >= 11 is 0. The maximum Gasteiger partial charge on any atom is 0.254 e. The van der Waals surface area contributed by atoms with E-state index in [1.165, 1.54) is 6.20 Å². The number of aromatic nitrogens is 2. The van der Waals surface area contributed by atoms with Crippen LogP contribution in [0.4, 0.5) is 17.5 Å². The second kappa shape index (κ2) is 7.44. The minimum absolute atomic E-state index is 0.0929. The predicted octanol–water partition coefficient (Wildman–Crippen LogP) is 2.44. The van der Waals surface area contributed by atoms with Gasteiger partial charge in [0, 0.05) is 23.8 Å². The maximum absolute atomic E-state index is 12.4. The molecule has 152 valence electrons. The first-order valence-corrected chi connectivity index (χ1v) is 9.99. The Hall–Kier alpha value is -3.00. The Kier molecular flexibility index (Phi) is 4.96. The Morgan fingerprint density at radius 3 is 2.38 bits per heavy atom. The third kappa shape index (κ3) is 4.07. The van der Waals surface area contributed by atoms with Gasteiger partial charge in [0.1, 0.15) is 5.82 Å². The van der Waals surface area contributed by atoms with Crippen LogP contribution in [0.5, 0.6) is 0 Å². The van der Waals surface area contributed by atoms with E-state index in [1.807, 2.05) is 24.3 Å². The number of primary amides is 1. The maximum atomic E-state index is 12.4. The lowest BCUT2D eigenvalue weighted by Crippen LogP contribution is -2.42. The summed E-state index contributed by atoms with van der Waals surface area (Å²) in [4.78, 5) is 32.7. The van der Waals surface area contributed by atoms with Gasteiger partial charge in [0.05, 0.1) is 11.1 Å². The average molecular weight is 394 g/mol. The molecular formula is C21H26N6O2. The van der Waals surface area contributed by atoms with Gasteiger partial charge < -0.3 is 22.1 Å².